The molecule has 1 heterocycles. The Kier molecular flexibility index (Phi) is 8.20. The van der Waals surface area contributed by atoms with Gasteiger partial charge in [-0.15, -0.1) is 0 Å². The summed E-state index contributed by atoms with van der Waals surface area (Å²) in [6.07, 6.45) is 1.71. The maximum Gasteiger partial charge on any atom is 0.306 e. The van der Waals surface area contributed by atoms with Crippen molar-refractivity contribution < 1.29 is 14.3 Å². The van der Waals surface area contributed by atoms with E-state index in [1.54, 1.807) is 6.92 Å². The lowest BCUT2D eigenvalue weighted by atomic mass is 10.0. The minimum Gasteiger partial charge on any atom is -0.453 e. The molecule has 0 aliphatic carbocycles. The molecule has 0 saturated carbocycles. The molecule has 1 atom stereocenters. The van der Waals surface area contributed by atoms with Crippen LogP contribution in [0.25, 0.3) is 0 Å². The van der Waals surface area contributed by atoms with Gasteiger partial charge in [-0.2, -0.15) is 0 Å². The van der Waals surface area contributed by atoms with Crippen LogP contribution in [0.3, 0.4) is 0 Å². The van der Waals surface area contributed by atoms with Crippen LogP contribution in [0.15, 0.2) is 29.4 Å². The minimum absolute atomic E-state index is 0.170. The molecule has 0 fully saturated rings. The second-order valence-electron chi connectivity index (χ2n) is 7.22. The molecular formula is C22H29N3O3S. The number of rotatable bonds is 8. The Labute approximate surface area is 176 Å². The first-order valence-electron chi connectivity index (χ1n) is 9.70. The van der Waals surface area contributed by atoms with Gasteiger partial charge in [0.05, 0.1) is 0 Å². The summed E-state index contributed by atoms with van der Waals surface area (Å²) in [5.41, 5.74) is 4.46. The fraction of sp³-hybridized carbons (Fsp3) is 0.455. The molecule has 0 unspecified atom stereocenters. The third-order valence-corrected chi connectivity index (χ3v) is 5.23. The number of aromatic nitrogens is 2. The third kappa shape index (κ3) is 6.29. The predicted molar refractivity (Wildman–Crippen MR) is 116 cm³/mol. The number of carbonyl (C=O) groups excluding carboxylic acids is 2. The first kappa shape index (κ1) is 22.9. The number of nitrogens with one attached hydrogen (secondary N) is 1. The number of hydrogen-bond acceptors (Lipinski definition) is 6. The Morgan fingerprint density at radius 2 is 1.72 bits per heavy atom. The molecular weight excluding hydrogens is 386 g/mol. The van der Waals surface area contributed by atoms with Gasteiger partial charge in [0, 0.05) is 23.5 Å². The van der Waals surface area contributed by atoms with Crippen LogP contribution in [0.2, 0.25) is 0 Å². The van der Waals surface area contributed by atoms with Crippen LogP contribution in [0.5, 0.6) is 0 Å². The zero-order valence-corrected chi connectivity index (χ0v) is 18.7. The van der Waals surface area contributed by atoms with E-state index in [1.165, 1.54) is 11.8 Å². The van der Waals surface area contributed by atoms with E-state index in [-0.39, 0.29) is 18.2 Å². The molecule has 1 aromatic heterocycles. The van der Waals surface area contributed by atoms with E-state index in [1.807, 2.05) is 44.4 Å². The average molecular weight is 416 g/mol. The first-order chi connectivity index (χ1) is 13.7. The molecule has 1 amide bonds. The van der Waals surface area contributed by atoms with Crippen molar-refractivity contribution in [3.05, 3.63) is 46.8 Å². The Hall–Kier alpha value is -2.41. The number of anilines is 1. The van der Waals surface area contributed by atoms with Gasteiger partial charge in [-0.25, -0.2) is 9.97 Å². The van der Waals surface area contributed by atoms with E-state index < -0.39 is 12.1 Å². The lowest BCUT2D eigenvalue weighted by Gasteiger charge is -2.17. The zero-order valence-electron chi connectivity index (χ0n) is 17.9. The van der Waals surface area contributed by atoms with Gasteiger partial charge in [0.2, 0.25) is 0 Å². The Morgan fingerprint density at radius 1 is 1.10 bits per heavy atom. The SMILES string of the molecule is CSc1nc(C)c(CCC(=O)O[C@@H](C)C(=O)Nc2ccccc2C(C)C)c(C)n1. The highest BCUT2D eigenvalue weighted by atomic mass is 32.2. The highest BCUT2D eigenvalue weighted by molar-refractivity contribution is 7.98. The molecule has 0 spiro atoms. The smallest absolute Gasteiger partial charge is 0.306 e. The summed E-state index contributed by atoms with van der Waals surface area (Å²) in [5.74, 6) is -0.487. The molecule has 7 heteroatoms. The molecule has 0 aliphatic heterocycles. The van der Waals surface area contributed by atoms with E-state index in [9.17, 15) is 9.59 Å². The van der Waals surface area contributed by atoms with Gasteiger partial charge in [0.1, 0.15) is 0 Å². The molecule has 156 valence electrons. The number of ether oxygens (including phenoxy) is 1. The number of nitrogens with zero attached hydrogens (tertiary/aromatic N) is 2. The topological polar surface area (TPSA) is 81.2 Å². The van der Waals surface area contributed by atoms with E-state index >= 15 is 0 Å². The Morgan fingerprint density at radius 3 is 2.31 bits per heavy atom. The highest BCUT2D eigenvalue weighted by Crippen LogP contribution is 2.24. The van der Waals surface area contributed by atoms with Crippen LogP contribution < -0.4 is 5.32 Å². The monoisotopic (exact) mass is 415 g/mol. The average Bonchev–Trinajstić information content (AvgIpc) is 2.67. The standard InChI is InChI=1S/C22H29N3O3S/c1-13(2)17-9-7-8-10-19(17)25-21(27)16(5)28-20(26)12-11-18-14(3)23-22(29-6)24-15(18)4/h7-10,13,16H,11-12H2,1-6H3,(H,25,27)/t16-/m0/s1. The van der Waals surface area contributed by atoms with Gasteiger partial charge in [0.25, 0.3) is 5.91 Å². The number of carbonyl (C=O) groups is 2. The molecule has 1 N–H and O–H groups in total. The van der Waals surface area contributed by atoms with E-state index in [0.717, 1.165) is 33.4 Å². The summed E-state index contributed by atoms with van der Waals surface area (Å²) < 4.78 is 5.34. The number of benzene rings is 1. The number of esters is 1. The van der Waals surface area contributed by atoms with Gasteiger partial charge in [0.15, 0.2) is 11.3 Å². The molecule has 2 rings (SSSR count). The van der Waals surface area contributed by atoms with Crippen LogP contribution >= 0.6 is 11.8 Å². The normalized spacial score (nSPS) is 12.0. The predicted octanol–water partition coefficient (Wildman–Crippen LogP) is 4.44. The Bertz CT molecular complexity index is 860. The molecule has 0 radical (unpaired) electrons. The van der Waals surface area contributed by atoms with Crippen LogP contribution in [0.4, 0.5) is 5.69 Å². The molecule has 6 nitrogen and oxygen atoms in total. The summed E-state index contributed by atoms with van der Waals surface area (Å²) >= 11 is 1.49. The molecule has 0 aliphatic rings. The molecule has 29 heavy (non-hydrogen) atoms. The first-order valence-corrected chi connectivity index (χ1v) is 10.9. The maximum atomic E-state index is 12.5. The minimum atomic E-state index is -0.875. The van der Waals surface area contributed by atoms with Crippen LogP contribution in [-0.4, -0.2) is 34.2 Å². The maximum absolute atomic E-state index is 12.5. The van der Waals surface area contributed by atoms with Gasteiger partial charge in [-0.1, -0.05) is 43.8 Å². The molecule has 0 bridgehead atoms. The number of para-hydroxylation sites is 1. The second kappa shape index (κ2) is 10.4. The van der Waals surface area contributed by atoms with Crippen molar-refractivity contribution in [2.24, 2.45) is 0 Å². The lowest BCUT2D eigenvalue weighted by Crippen LogP contribution is -2.30. The van der Waals surface area contributed by atoms with E-state index in [4.69, 9.17) is 4.74 Å². The zero-order chi connectivity index (χ0) is 21.6. The third-order valence-electron chi connectivity index (χ3n) is 4.68. The summed E-state index contributed by atoms with van der Waals surface area (Å²) in [6, 6.07) is 7.64. The van der Waals surface area contributed by atoms with Crippen molar-refractivity contribution >= 4 is 29.3 Å². The summed E-state index contributed by atoms with van der Waals surface area (Å²) in [7, 11) is 0. The molecule has 0 saturated heterocycles. The second-order valence-corrected chi connectivity index (χ2v) is 8.00. The van der Waals surface area contributed by atoms with Gasteiger partial charge in [-0.3, -0.25) is 9.59 Å². The van der Waals surface area contributed by atoms with Crippen molar-refractivity contribution in [2.75, 3.05) is 11.6 Å². The highest BCUT2D eigenvalue weighted by Gasteiger charge is 2.20. The number of aryl methyl sites for hydroxylation is 2. The largest absolute Gasteiger partial charge is 0.453 e. The number of amides is 1. The van der Waals surface area contributed by atoms with Crippen molar-refractivity contribution in [3.8, 4) is 0 Å². The number of thioether (sulfide) groups is 1. The van der Waals surface area contributed by atoms with E-state index in [0.29, 0.717) is 6.42 Å². The number of hydrogen-bond donors (Lipinski definition) is 1. The summed E-state index contributed by atoms with van der Waals surface area (Å²) in [4.78, 5) is 33.6. The van der Waals surface area contributed by atoms with Gasteiger partial charge < -0.3 is 10.1 Å². The summed E-state index contributed by atoms with van der Waals surface area (Å²) in [5, 5.41) is 3.58. The van der Waals surface area contributed by atoms with Crippen LogP contribution in [0, 0.1) is 13.8 Å². The molecule has 2 aromatic rings. The molecule has 1 aromatic carbocycles. The van der Waals surface area contributed by atoms with Crippen LogP contribution in [0.1, 0.15) is 55.6 Å². The van der Waals surface area contributed by atoms with Crippen molar-refractivity contribution in [2.45, 2.75) is 64.6 Å². The Balaban J connectivity index is 1.93. The van der Waals surface area contributed by atoms with Gasteiger partial charge >= 0.3 is 5.97 Å². The van der Waals surface area contributed by atoms with Gasteiger partial charge in [-0.05, 0) is 56.6 Å². The summed E-state index contributed by atoms with van der Waals surface area (Å²) in [6.45, 7) is 9.54. The van der Waals surface area contributed by atoms with Crippen molar-refractivity contribution in [3.63, 3.8) is 0 Å². The van der Waals surface area contributed by atoms with Crippen molar-refractivity contribution in [1.82, 2.24) is 9.97 Å². The van der Waals surface area contributed by atoms with Crippen molar-refractivity contribution in [1.29, 1.82) is 0 Å². The fourth-order valence-corrected chi connectivity index (χ4v) is 3.50. The quantitative estimate of drug-likeness (QED) is 0.390. The van der Waals surface area contributed by atoms with Crippen LogP contribution in [-0.2, 0) is 20.7 Å². The fourth-order valence-electron chi connectivity index (χ4n) is 3.05. The lowest BCUT2D eigenvalue weighted by molar-refractivity contribution is -0.153. The van der Waals surface area contributed by atoms with E-state index in [2.05, 4.69) is 29.1 Å².